The second-order valence-corrected chi connectivity index (χ2v) is 5.77. The maximum absolute atomic E-state index is 6.45. The highest BCUT2D eigenvalue weighted by Gasteiger charge is 2.21. The zero-order chi connectivity index (χ0) is 14.4. The van der Waals surface area contributed by atoms with Crippen LogP contribution in [0.3, 0.4) is 0 Å². The number of hydrogen-bond acceptors (Lipinski definition) is 3. The molecule has 0 bridgehead atoms. The molecule has 3 nitrogen and oxygen atoms in total. The molecule has 20 heavy (non-hydrogen) atoms. The van der Waals surface area contributed by atoms with E-state index in [0.717, 1.165) is 17.9 Å². The highest BCUT2D eigenvalue weighted by atomic mass is 16.5. The Hall–Kier alpha value is -1.06. The van der Waals surface area contributed by atoms with Crippen LogP contribution < -0.4 is 10.5 Å². The van der Waals surface area contributed by atoms with Gasteiger partial charge in [-0.25, -0.2) is 0 Å². The molecule has 112 valence electrons. The molecule has 0 radical (unpaired) electrons. The smallest absolute Gasteiger partial charge is 0.124 e. The first kappa shape index (κ1) is 15.3. The number of benzene rings is 1. The SMILES string of the molecule is CCOc1ccccc1C(N)CN1CCCCCC1C. The first-order valence-corrected chi connectivity index (χ1v) is 7.93. The summed E-state index contributed by atoms with van der Waals surface area (Å²) in [4.78, 5) is 2.54. The molecule has 3 heteroatoms. The van der Waals surface area contributed by atoms with Crippen LogP contribution in [0.2, 0.25) is 0 Å². The van der Waals surface area contributed by atoms with E-state index in [-0.39, 0.29) is 6.04 Å². The third-order valence-electron chi connectivity index (χ3n) is 4.24. The highest BCUT2D eigenvalue weighted by molar-refractivity contribution is 5.36. The van der Waals surface area contributed by atoms with Crippen LogP contribution in [0, 0.1) is 0 Å². The van der Waals surface area contributed by atoms with Gasteiger partial charge in [0.25, 0.3) is 0 Å². The fourth-order valence-electron chi connectivity index (χ4n) is 3.03. The van der Waals surface area contributed by atoms with Crippen molar-refractivity contribution < 1.29 is 4.74 Å². The molecule has 1 aliphatic rings. The third-order valence-corrected chi connectivity index (χ3v) is 4.24. The van der Waals surface area contributed by atoms with Crippen molar-refractivity contribution in [1.82, 2.24) is 4.90 Å². The lowest BCUT2D eigenvalue weighted by atomic mass is 10.0. The molecule has 1 saturated heterocycles. The van der Waals surface area contributed by atoms with Crippen LogP contribution in [0.15, 0.2) is 24.3 Å². The zero-order valence-electron chi connectivity index (χ0n) is 12.8. The summed E-state index contributed by atoms with van der Waals surface area (Å²) >= 11 is 0. The summed E-state index contributed by atoms with van der Waals surface area (Å²) in [5, 5.41) is 0. The molecule has 0 saturated carbocycles. The molecular weight excluding hydrogens is 248 g/mol. The summed E-state index contributed by atoms with van der Waals surface area (Å²) in [6.07, 6.45) is 5.29. The fraction of sp³-hybridized carbons (Fsp3) is 0.647. The van der Waals surface area contributed by atoms with Crippen molar-refractivity contribution in [2.75, 3.05) is 19.7 Å². The Kier molecular flexibility index (Phi) is 5.86. The number of likely N-dealkylation sites (tertiary alicyclic amines) is 1. The number of rotatable bonds is 5. The molecule has 1 heterocycles. The minimum absolute atomic E-state index is 0.0262. The van der Waals surface area contributed by atoms with E-state index in [0.29, 0.717) is 12.6 Å². The van der Waals surface area contributed by atoms with E-state index in [1.165, 1.54) is 32.2 Å². The van der Waals surface area contributed by atoms with Crippen LogP contribution >= 0.6 is 0 Å². The first-order chi connectivity index (χ1) is 9.72. The van der Waals surface area contributed by atoms with Gasteiger partial charge in [0.2, 0.25) is 0 Å². The second-order valence-electron chi connectivity index (χ2n) is 5.77. The molecule has 2 N–H and O–H groups in total. The van der Waals surface area contributed by atoms with E-state index in [9.17, 15) is 0 Å². The Balaban J connectivity index is 2.05. The predicted molar refractivity (Wildman–Crippen MR) is 84.0 cm³/mol. The Bertz CT molecular complexity index is 408. The zero-order valence-corrected chi connectivity index (χ0v) is 12.8. The molecule has 0 aliphatic carbocycles. The van der Waals surface area contributed by atoms with Gasteiger partial charge in [0, 0.05) is 24.2 Å². The quantitative estimate of drug-likeness (QED) is 0.896. The summed E-state index contributed by atoms with van der Waals surface area (Å²) in [5.41, 5.74) is 7.58. The molecule has 2 rings (SSSR count). The topological polar surface area (TPSA) is 38.5 Å². The molecule has 1 aromatic carbocycles. The molecule has 2 unspecified atom stereocenters. The average Bonchev–Trinajstić information content (AvgIpc) is 2.65. The Morgan fingerprint density at radius 1 is 1.30 bits per heavy atom. The number of para-hydroxylation sites is 1. The molecular formula is C17H28N2O. The van der Waals surface area contributed by atoms with Gasteiger partial charge < -0.3 is 10.5 Å². The summed E-state index contributed by atoms with van der Waals surface area (Å²) in [7, 11) is 0. The van der Waals surface area contributed by atoms with Crippen molar-refractivity contribution in [3.05, 3.63) is 29.8 Å². The predicted octanol–water partition coefficient (Wildman–Crippen LogP) is 3.35. The van der Waals surface area contributed by atoms with Crippen LogP contribution in [0.25, 0.3) is 0 Å². The van der Waals surface area contributed by atoms with Crippen LogP contribution in [0.1, 0.15) is 51.1 Å². The van der Waals surface area contributed by atoms with E-state index < -0.39 is 0 Å². The highest BCUT2D eigenvalue weighted by Crippen LogP contribution is 2.26. The van der Waals surface area contributed by atoms with E-state index in [1.54, 1.807) is 0 Å². The summed E-state index contributed by atoms with van der Waals surface area (Å²) < 4.78 is 5.70. The maximum Gasteiger partial charge on any atom is 0.124 e. The Labute approximate surface area is 123 Å². The summed E-state index contributed by atoms with van der Waals surface area (Å²) in [6.45, 7) is 7.12. The number of nitrogens with zero attached hydrogens (tertiary/aromatic N) is 1. The van der Waals surface area contributed by atoms with Gasteiger partial charge >= 0.3 is 0 Å². The van der Waals surface area contributed by atoms with E-state index in [4.69, 9.17) is 10.5 Å². The fourth-order valence-corrected chi connectivity index (χ4v) is 3.03. The second kappa shape index (κ2) is 7.65. The standard InChI is InChI=1S/C17H28N2O/c1-3-20-17-11-7-6-10-15(17)16(18)13-19-12-8-4-5-9-14(19)2/h6-7,10-11,14,16H,3-5,8-9,12-13,18H2,1-2H3. The largest absolute Gasteiger partial charge is 0.494 e. The van der Waals surface area contributed by atoms with Crippen molar-refractivity contribution in [1.29, 1.82) is 0 Å². The van der Waals surface area contributed by atoms with Gasteiger partial charge in [-0.15, -0.1) is 0 Å². The maximum atomic E-state index is 6.45. The Morgan fingerprint density at radius 2 is 2.10 bits per heavy atom. The number of nitrogens with two attached hydrogens (primary N) is 1. The normalized spacial score (nSPS) is 22.2. The van der Waals surface area contributed by atoms with Gasteiger partial charge in [-0.05, 0) is 39.3 Å². The van der Waals surface area contributed by atoms with Crippen molar-refractivity contribution in [3.63, 3.8) is 0 Å². The van der Waals surface area contributed by atoms with Gasteiger partial charge in [-0.1, -0.05) is 31.0 Å². The van der Waals surface area contributed by atoms with Gasteiger partial charge in [0.05, 0.1) is 6.61 Å². The first-order valence-electron chi connectivity index (χ1n) is 7.93. The van der Waals surface area contributed by atoms with Crippen LogP contribution in [0.5, 0.6) is 5.75 Å². The lowest BCUT2D eigenvalue weighted by molar-refractivity contribution is 0.199. The van der Waals surface area contributed by atoms with Gasteiger partial charge in [-0.3, -0.25) is 4.90 Å². The van der Waals surface area contributed by atoms with Crippen molar-refractivity contribution in [3.8, 4) is 5.75 Å². The number of hydrogen-bond donors (Lipinski definition) is 1. The minimum Gasteiger partial charge on any atom is -0.494 e. The van der Waals surface area contributed by atoms with Crippen molar-refractivity contribution in [2.45, 2.75) is 51.6 Å². The summed E-state index contributed by atoms with van der Waals surface area (Å²) in [5.74, 6) is 0.935. The molecule has 0 amide bonds. The van der Waals surface area contributed by atoms with Gasteiger partial charge in [0.1, 0.15) is 5.75 Å². The molecule has 0 spiro atoms. The Morgan fingerprint density at radius 3 is 2.90 bits per heavy atom. The lowest BCUT2D eigenvalue weighted by Gasteiger charge is -2.30. The van der Waals surface area contributed by atoms with E-state index in [2.05, 4.69) is 17.9 Å². The van der Waals surface area contributed by atoms with Crippen LogP contribution in [0.4, 0.5) is 0 Å². The van der Waals surface area contributed by atoms with E-state index in [1.807, 2.05) is 25.1 Å². The molecule has 2 atom stereocenters. The van der Waals surface area contributed by atoms with Crippen molar-refractivity contribution in [2.24, 2.45) is 5.73 Å². The van der Waals surface area contributed by atoms with Crippen LogP contribution in [-0.4, -0.2) is 30.6 Å². The molecule has 1 fully saturated rings. The monoisotopic (exact) mass is 276 g/mol. The summed E-state index contributed by atoms with van der Waals surface area (Å²) in [6, 6.07) is 8.84. The lowest BCUT2D eigenvalue weighted by Crippen LogP contribution is -2.38. The number of ether oxygens (including phenoxy) is 1. The average molecular weight is 276 g/mol. The van der Waals surface area contributed by atoms with Crippen LogP contribution in [-0.2, 0) is 0 Å². The minimum atomic E-state index is 0.0262. The van der Waals surface area contributed by atoms with Gasteiger partial charge in [0.15, 0.2) is 0 Å². The molecule has 0 aromatic heterocycles. The molecule has 1 aliphatic heterocycles. The van der Waals surface area contributed by atoms with Gasteiger partial charge in [-0.2, -0.15) is 0 Å². The van der Waals surface area contributed by atoms with E-state index >= 15 is 0 Å². The van der Waals surface area contributed by atoms with Crippen molar-refractivity contribution >= 4 is 0 Å². The molecule has 1 aromatic rings. The third kappa shape index (κ3) is 3.97.